The van der Waals surface area contributed by atoms with Crippen LogP contribution in [0.25, 0.3) is 22.3 Å². The zero-order valence-electron chi connectivity index (χ0n) is 15.5. The number of nitrogens with one attached hydrogen (secondary N) is 2. The summed E-state index contributed by atoms with van der Waals surface area (Å²) in [6.07, 6.45) is 9.60. The van der Waals surface area contributed by atoms with Crippen LogP contribution in [0.3, 0.4) is 0 Å². The van der Waals surface area contributed by atoms with Gasteiger partial charge in [-0.1, -0.05) is 5.41 Å². The maximum absolute atomic E-state index is 11.2. The van der Waals surface area contributed by atoms with Crippen LogP contribution in [0.15, 0.2) is 37.1 Å². The molecule has 146 valence electrons. The normalized spacial score (nSPS) is 18.8. The minimum Gasteiger partial charge on any atom is -0.393 e. The lowest BCUT2D eigenvalue weighted by Gasteiger charge is -2.30. The van der Waals surface area contributed by atoms with Gasteiger partial charge < -0.3 is 15.4 Å². The molecule has 0 saturated heterocycles. The van der Waals surface area contributed by atoms with Crippen LogP contribution in [0.5, 0.6) is 0 Å². The molecule has 0 aliphatic heterocycles. The van der Waals surface area contributed by atoms with Crippen molar-refractivity contribution in [2.24, 2.45) is 5.92 Å². The maximum Gasteiger partial charge on any atom is 0.366 e. The molecule has 0 spiro atoms. The molecule has 4 rings (SSSR count). The van der Waals surface area contributed by atoms with Crippen LogP contribution in [0.1, 0.15) is 24.6 Å². The fourth-order valence-electron chi connectivity index (χ4n) is 3.34. The Labute approximate surface area is 164 Å². The van der Waals surface area contributed by atoms with Crippen molar-refractivity contribution in [3.8, 4) is 17.3 Å². The molecule has 29 heavy (non-hydrogen) atoms. The molecular formula is C18H17N9O2. The number of nitriles is 1. The van der Waals surface area contributed by atoms with Crippen molar-refractivity contribution in [3.63, 3.8) is 0 Å². The zero-order chi connectivity index (χ0) is 20.5. The highest BCUT2D eigenvalue weighted by molar-refractivity contribution is 6.16. The fourth-order valence-corrected chi connectivity index (χ4v) is 3.34. The molecular weight excluding hydrogens is 374 g/mol. The van der Waals surface area contributed by atoms with Crippen molar-refractivity contribution in [1.29, 1.82) is 10.7 Å². The van der Waals surface area contributed by atoms with E-state index in [2.05, 4.69) is 26.6 Å². The van der Waals surface area contributed by atoms with Gasteiger partial charge in [-0.25, -0.2) is 9.50 Å². The summed E-state index contributed by atoms with van der Waals surface area (Å²) in [5.41, 5.74) is 2.29. The number of amidine groups is 1. The Morgan fingerprint density at radius 3 is 2.93 bits per heavy atom. The molecule has 3 aromatic rings. The number of rotatable bonds is 5. The zero-order valence-corrected chi connectivity index (χ0v) is 15.5. The predicted octanol–water partition coefficient (Wildman–Crippen LogP) is 1.88. The highest BCUT2D eigenvalue weighted by atomic mass is 16.6. The molecule has 2 N–H and O–H groups in total. The van der Waals surface area contributed by atoms with Gasteiger partial charge in [-0.15, -0.1) is 0 Å². The van der Waals surface area contributed by atoms with Crippen molar-refractivity contribution in [3.05, 3.63) is 52.9 Å². The van der Waals surface area contributed by atoms with Crippen molar-refractivity contribution in [1.82, 2.24) is 29.7 Å². The third-order valence-electron chi connectivity index (χ3n) is 4.94. The van der Waals surface area contributed by atoms with Crippen LogP contribution in [0.4, 0.5) is 0 Å². The number of aromatic nitrogens is 5. The van der Waals surface area contributed by atoms with E-state index in [1.807, 2.05) is 10.9 Å². The number of fused-ring (bicyclic) bond motifs is 1. The summed E-state index contributed by atoms with van der Waals surface area (Å²) in [5, 5.41) is 39.3. The molecule has 0 aromatic carbocycles. The first-order valence-electron chi connectivity index (χ1n) is 8.91. The summed E-state index contributed by atoms with van der Waals surface area (Å²) < 4.78 is 3.40. The Balaban J connectivity index is 1.77. The Kier molecular flexibility index (Phi) is 4.52. The molecule has 3 aromatic heterocycles. The largest absolute Gasteiger partial charge is 0.393 e. The molecule has 0 unspecified atom stereocenters. The summed E-state index contributed by atoms with van der Waals surface area (Å²) in [7, 11) is 1.59. The monoisotopic (exact) mass is 391 g/mol. The standard InChI is InChI=1S/C18H17N9O2/c1-21-8-14(18(20)27(28)29)15-10-26-16(2-3-22-26)17(24-15)12-7-23-25(9-12)13-4-11(5-13)6-19/h2-3,7-11,13,20-21H,4-5H2,1H3/b14-8-,20-18?. The van der Waals surface area contributed by atoms with E-state index in [0.29, 0.717) is 11.2 Å². The molecule has 0 radical (unpaired) electrons. The third kappa shape index (κ3) is 3.20. The molecule has 0 atom stereocenters. The molecule has 11 heteroatoms. The van der Waals surface area contributed by atoms with Gasteiger partial charge in [0.2, 0.25) is 0 Å². The van der Waals surface area contributed by atoms with E-state index in [9.17, 15) is 10.1 Å². The van der Waals surface area contributed by atoms with Gasteiger partial charge in [-0.05, 0) is 23.8 Å². The summed E-state index contributed by atoms with van der Waals surface area (Å²) >= 11 is 0. The van der Waals surface area contributed by atoms with Crippen molar-refractivity contribution < 1.29 is 4.92 Å². The van der Waals surface area contributed by atoms with Crippen molar-refractivity contribution in [2.45, 2.75) is 18.9 Å². The van der Waals surface area contributed by atoms with Gasteiger partial charge in [0.15, 0.2) is 0 Å². The Morgan fingerprint density at radius 2 is 2.24 bits per heavy atom. The van der Waals surface area contributed by atoms with Gasteiger partial charge in [0.1, 0.15) is 5.57 Å². The smallest absolute Gasteiger partial charge is 0.366 e. The Hall–Kier alpha value is -4.07. The first kappa shape index (κ1) is 18.3. The molecule has 1 saturated carbocycles. The van der Waals surface area contributed by atoms with Gasteiger partial charge in [-0.3, -0.25) is 4.68 Å². The van der Waals surface area contributed by atoms with Gasteiger partial charge in [0.25, 0.3) is 0 Å². The second-order valence-electron chi connectivity index (χ2n) is 6.75. The fraction of sp³-hybridized carbons (Fsp3) is 0.278. The van der Waals surface area contributed by atoms with Crippen molar-refractivity contribution in [2.75, 3.05) is 7.05 Å². The number of hydrogen-bond acceptors (Lipinski definition) is 8. The second kappa shape index (κ2) is 7.16. The Morgan fingerprint density at radius 1 is 1.45 bits per heavy atom. The van der Waals surface area contributed by atoms with Gasteiger partial charge >= 0.3 is 5.84 Å². The maximum atomic E-state index is 11.2. The molecule has 11 nitrogen and oxygen atoms in total. The van der Waals surface area contributed by atoms with Crippen LogP contribution in [0.2, 0.25) is 0 Å². The van der Waals surface area contributed by atoms with Crippen LogP contribution < -0.4 is 5.32 Å². The van der Waals surface area contributed by atoms with Crippen LogP contribution in [0, 0.1) is 32.8 Å². The SMILES string of the molecule is CN/C=C(\C(=N)[N+](=O)[O-])c1cn2nccc2c(-c2cnn(C3CC(C#N)C3)c2)n1. The predicted molar refractivity (Wildman–Crippen MR) is 103 cm³/mol. The average molecular weight is 391 g/mol. The molecule has 0 amide bonds. The van der Waals surface area contributed by atoms with E-state index >= 15 is 0 Å². The lowest BCUT2D eigenvalue weighted by atomic mass is 9.81. The third-order valence-corrected chi connectivity index (χ3v) is 4.94. The molecule has 3 heterocycles. The van der Waals surface area contributed by atoms with Crippen LogP contribution in [-0.2, 0) is 0 Å². The van der Waals surface area contributed by atoms with Crippen LogP contribution >= 0.6 is 0 Å². The Bertz CT molecular complexity index is 1180. The number of nitrogens with zero attached hydrogens (tertiary/aromatic N) is 7. The number of hydrogen-bond donors (Lipinski definition) is 2. The highest BCUT2D eigenvalue weighted by Crippen LogP contribution is 2.37. The van der Waals surface area contributed by atoms with E-state index in [1.165, 1.54) is 6.20 Å². The lowest BCUT2D eigenvalue weighted by molar-refractivity contribution is -0.348. The van der Waals surface area contributed by atoms with E-state index in [4.69, 9.17) is 10.7 Å². The highest BCUT2D eigenvalue weighted by Gasteiger charge is 2.31. The van der Waals surface area contributed by atoms with E-state index in [-0.39, 0.29) is 23.2 Å². The topological polar surface area (TPSA) is 151 Å². The second-order valence-corrected chi connectivity index (χ2v) is 6.75. The first-order chi connectivity index (χ1) is 14.0. The first-order valence-corrected chi connectivity index (χ1v) is 8.91. The minimum atomic E-state index is -0.767. The number of nitro groups is 1. The van der Waals surface area contributed by atoms with E-state index in [0.717, 1.165) is 18.4 Å². The summed E-state index contributed by atoms with van der Waals surface area (Å²) in [4.78, 5) is 15.0. The van der Waals surface area contributed by atoms with E-state index < -0.39 is 10.8 Å². The average Bonchev–Trinajstić information content (AvgIpc) is 3.33. The summed E-state index contributed by atoms with van der Waals surface area (Å²) in [5.74, 6) is -0.699. The quantitative estimate of drug-likeness (QED) is 0.291. The minimum absolute atomic E-state index is 0.0411. The van der Waals surface area contributed by atoms with E-state index in [1.54, 1.807) is 36.2 Å². The van der Waals surface area contributed by atoms with Crippen LogP contribution in [-0.4, -0.2) is 42.2 Å². The molecule has 0 bridgehead atoms. The van der Waals surface area contributed by atoms with Crippen molar-refractivity contribution >= 4 is 16.9 Å². The van der Waals surface area contributed by atoms with Gasteiger partial charge in [0, 0.05) is 25.0 Å². The van der Waals surface area contributed by atoms with Gasteiger partial charge in [0.05, 0.1) is 53.5 Å². The lowest BCUT2D eigenvalue weighted by Crippen LogP contribution is -2.25. The summed E-state index contributed by atoms with van der Waals surface area (Å²) in [6.45, 7) is 0. The van der Waals surface area contributed by atoms with Gasteiger partial charge in [-0.2, -0.15) is 15.5 Å². The summed E-state index contributed by atoms with van der Waals surface area (Å²) in [6, 6.07) is 4.23. The molecule has 1 fully saturated rings. The molecule has 1 aliphatic rings. The molecule has 1 aliphatic carbocycles.